The van der Waals surface area contributed by atoms with E-state index in [0.29, 0.717) is 12.1 Å². The smallest absolute Gasteiger partial charge is 0.0700 e. The molecule has 2 rings (SSSR count). The van der Waals surface area contributed by atoms with Gasteiger partial charge in [0.05, 0.1) is 12.7 Å². The van der Waals surface area contributed by atoms with Gasteiger partial charge in [-0.1, -0.05) is 6.92 Å². The highest BCUT2D eigenvalue weighted by molar-refractivity contribution is 4.87. The molecule has 2 fully saturated rings. The maximum atomic E-state index is 5.94. The van der Waals surface area contributed by atoms with Crippen LogP contribution in [0.15, 0.2) is 0 Å². The van der Waals surface area contributed by atoms with Crippen molar-refractivity contribution < 1.29 is 4.74 Å². The summed E-state index contributed by atoms with van der Waals surface area (Å²) in [7, 11) is 0. The second kappa shape index (κ2) is 4.60. The van der Waals surface area contributed by atoms with Crippen LogP contribution in [0, 0.1) is 0 Å². The normalized spacial score (nSPS) is 40.3. The summed E-state index contributed by atoms with van der Waals surface area (Å²) in [5.74, 6) is 0. The first-order valence-electron chi connectivity index (χ1n) is 5.90. The van der Waals surface area contributed by atoms with Crippen LogP contribution in [0.4, 0.5) is 0 Å². The van der Waals surface area contributed by atoms with Crippen LogP contribution in [0.2, 0.25) is 0 Å². The van der Waals surface area contributed by atoms with Crippen molar-refractivity contribution in [2.24, 2.45) is 5.73 Å². The second-order valence-electron chi connectivity index (χ2n) is 4.62. The number of morpholine rings is 1. The predicted octanol–water partition coefficient (Wildman–Crippen LogP) is 0.977. The van der Waals surface area contributed by atoms with Gasteiger partial charge in [-0.3, -0.25) is 4.90 Å². The zero-order chi connectivity index (χ0) is 9.97. The van der Waals surface area contributed by atoms with E-state index in [9.17, 15) is 0 Å². The lowest BCUT2D eigenvalue weighted by molar-refractivity contribution is -0.0435. The van der Waals surface area contributed by atoms with Gasteiger partial charge in [-0.25, -0.2) is 0 Å². The van der Waals surface area contributed by atoms with Crippen molar-refractivity contribution in [3.05, 3.63) is 0 Å². The van der Waals surface area contributed by atoms with E-state index in [1.54, 1.807) is 0 Å². The van der Waals surface area contributed by atoms with E-state index in [2.05, 4.69) is 11.8 Å². The van der Waals surface area contributed by atoms with Gasteiger partial charge in [0.2, 0.25) is 0 Å². The molecule has 0 radical (unpaired) electrons. The van der Waals surface area contributed by atoms with Gasteiger partial charge in [-0.15, -0.1) is 0 Å². The summed E-state index contributed by atoms with van der Waals surface area (Å²) in [4.78, 5) is 2.59. The lowest BCUT2D eigenvalue weighted by Crippen LogP contribution is -2.47. The van der Waals surface area contributed by atoms with Gasteiger partial charge < -0.3 is 10.5 Å². The third-order valence-electron chi connectivity index (χ3n) is 3.59. The Balaban J connectivity index is 1.84. The molecule has 2 N–H and O–H groups in total. The first-order chi connectivity index (χ1) is 6.79. The Morgan fingerprint density at radius 3 is 2.93 bits per heavy atom. The summed E-state index contributed by atoms with van der Waals surface area (Å²) in [5, 5.41) is 0. The Labute approximate surface area is 86.6 Å². The molecule has 0 spiro atoms. The van der Waals surface area contributed by atoms with Gasteiger partial charge in [0.1, 0.15) is 0 Å². The van der Waals surface area contributed by atoms with E-state index in [1.165, 1.54) is 19.3 Å². The average molecular weight is 198 g/mol. The molecule has 3 heteroatoms. The minimum atomic E-state index is 0.447. The quantitative estimate of drug-likeness (QED) is 0.719. The number of rotatable bonds is 2. The summed E-state index contributed by atoms with van der Waals surface area (Å²) >= 11 is 0. The monoisotopic (exact) mass is 198 g/mol. The maximum Gasteiger partial charge on any atom is 0.0700 e. The van der Waals surface area contributed by atoms with E-state index in [1.807, 2.05) is 0 Å². The molecular formula is C11H22N2O. The molecule has 3 atom stereocenters. The third kappa shape index (κ3) is 2.27. The molecule has 1 heterocycles. The standard InChI is InChI=1S/C11H22N2O/c1-2-11-8-13(5-6-14-11)10-4-3-9(12)7-10/h9-11H,2-8,12H2,1H3. The first-order valence-corrected chi connectivity index (χ1v) is 5.90. The molecule has 14 heavy (non-hydrogen) atoms. The Morgan fingerprint density at radius 1 is 1.43 bits per heavy atom. The van der Waals surface area contributed by atoms with Crippen molar-refractivity contribution in [2.75, 3.05) is 19.7 Å². The molecule has 3 unspecified atom stereocenters. The van der Waals surface area contributed by atoms with Crippen molar-refractivity contribution in [3.8, 4) is 0 Å². The molecule has 1 saturated carbocycles. The average Bonchev–Trinajstić information content (AvgIpc) is 2.65. The molecule has 1 aliphatic heterocycles. The Kier molecular flexibility index (Phi) is 3.42. The van der Waals surface area contributed by atoms with Gasteiger partial charge >= 0.3 is 0 Å². The van der Waals surface area contributed by atoms with Gasteiger partial charge in [-0.05, 0) is 25.7 Å². The van der Waals surface area contributed by atoms with Crippen LogP contribution < -0.4 is 5.73 Å². The maximum absolute atomic E-state index is 5.94. The summed E-state index contributed by atoms with van der Waals surface area (Å²) in [6, 6.07) is 1.19. The van der Waals surface area contributed by atoms with Crippen molar-refractivity contribution in [2.45, 2.75) is 50.8 Å². The summed E-state index contributed by atoms with van der Waals surface area (Å²) in [6.45, 7) is 5.33. The molecule has 3 nitrogen and oxygen atoms in total. The van der Waals surface area contributed by atoms with Gasteiger partial charge in [0, 0.05) is 25.2 Å². The number of nitrogens with two attached hydrogens (primary N) is 1. The van der Waals surface area contributed by atoms with E-state index < -0.39 is 0 Å². The van der Waals surface area contributed by atoms with Crippen LogP contribution in [-0.2, 0) is 4.74 Å². The molecule has 0 amide bonds. The van der Waals surface area contributed by atoms with Gasteiger partial charge in [0.15, 0.2) is 0 Å². The molecule has 0 aromatic rings. The topological polar surface area (TPSA) is 38.5 Å². The molecule has 1 saturated heterocycles. The number of hydrogen-bond donors (Lipinski definition) is 1. The minimum Gasteiger partial charge on any atom is -0.376 e. The SMILES string of the molecule is CCC1CN(C2CCC(N)C2)CCO1. The highest BCUT2D eigenvalue weighted by Gasteiger charge is 2.30. The van der Waals surface area contributed by atoms with E-state index >= 15 is 0 Å². The molecular weight excluding hydrogens is 176 g/mol. The molecule has 0 aromatic carbocycles. The number of ether oxygens (including phenoxy) is 1. The zero-order valence-corrected chi connectivity index (χ0v) is 9.11. The Morgan fingerprint density at radius 2 is 2.29 bits per heavy atom. The lowest BCUT2D eigenvalue weighted by atomic mass is 10.1. The Bertz CT molecular complexity index is 186. The molecule has 1 aliphatic carbocycles. The minimum absolute atomic E-state index is 0.447. The first kappa shape index (κ1) is 10.4. The Hall–Kier alpha value is -0.120. The van der Waals surface area contributed by atoms with E-state index in [-0.39, 0.29) is 0 Å². The fourth-order valence-electron chi connectivity index (χ4n) is 2.64. The van der Waals surface area contributed by atoms with Crippen LogP contribution in [-0.4, -0.2) is 42.8 Å². The van der Waals surface area contributed by atoms with Crippen molar-refractivity contribution >= 4 is 0 Å². The molecule has 0 aromatic heterocycles. The van der Waals surface area contributed by atoms with E-state index in [0.717, 1.165) is 32.2 Å². The summed E-state index contributed by atoms with van der Waals surface area (Å²) in [6.07, 6.45) is 5.28. The highest BCUT2D eigenvalue weighted by Crippen LogP contribution is 2.24. The van der Waals surface area contributed by atoms with Crippen LogP contribution in [0.1, 0.15) is 32.6 Å². The van der Waals surface area contributed by atoms with Crippen molar-refractivity contribution in [3.63, 3.8) is 0 Å². The van der Waals surface area contributed by atoms with Crippen LogP contribution in [0.3, 0.4) is 0 Å². The highest BCUT2D eigenvalue weighted by atomic mass is 16.5. The van der Waals surface area contributed by atoms with Crippen LogP contribution >= 0.6 is 0 Å². The third-order valence-corrected chi connectivity index (χ3v) is 3.59. The largest absolute Gasteiger partial charge is 0.376 e. The van der Waals surface area contributed by atoms with E-state index in [4.69, 9.17) is 10.5 Å². The number of nitrogens with zero attached hydrogens (tertiary/aromatic N) is 1. The summed E-state index contributed by atoms with van der Waals surface area (Å²) in [5.41, 5.74) is 5.94. The molecule has 2 aliphatic rings. The fourth-order valence-corrected chi connectivity index (χ4v) is 2.64. The van der Waals surface area contributed by atoms with Crippen molar-refractivity contribution in [1.82, 2.24) is 4.90 Å². The van der Waals surface area contributed by atoms with Gasteiger partial charge in [-0.2, -0.15) is 0 Å². The predicted molar refractivity (Wildman–Crippen MR) is 57.2 cm³/mol. The van der Waals surface area contributed by atoms with Crippen LogP contribution in [0.5, 0.6) is 0 Å². The summed E-state index contributed by atoms with van der Waals surface area (Å²) < 4.78 is 5.67. The lowest BCUT2D eigenvalue weighted by Gasteiger charge is -2.36. The van der Waals surface area contributed by atoms with Crippen LogP contribution in [0.25, 0.3) is 0 Å². The van der Waals surface area contributed by atoms with Crippen molar-refractivity contribution in [1.29, 1.82) is 0 Å². The second-order valence-corrected chi connectivity index (χ2v) is 4.62. The fraction of sp³-hybridized carbons (Fsp3) is 1.00. The molecule has 82 valence electrons. The zero-order valence-electron chi connectivity index (χ0n) is 9.11. The number of hydrogen-bond acceptors (Lipinski definition) is 3. The van der Waals surface area contributed by atoms with Gasteiger partial charge in [0.25, 0.3) is 0 Å². The molecule has 0 bridgehead atoms.